The van der Waals surface area contributed by atoms with Crippen molar-refractivity contribution in [3.63, 3.8) is 0 Å². The number of hydrogen-bond donors (Lipinski definition) is 2. The van der Waals surface area contributed by atoms with Gasteiger partial charge in [0, 0.05) is 24.2 Å². The van der Waals surface area contributed by atoms with Crippen molar-refractivity contribution in [2.75, 3.05) is 19.5 Å². The fraction of sp³-hybridized carbons (Fsp3) is 0.533. The van der Waals surface area contributed by atoms with Crippen LogP contribution >= 0.6 is 11.6 Å². The fourth-order valence-corrected chi connectivity index (χ4v) is 3.53. The van der Waals surface area contributed by atoms with E-state index in [1.54, 1.807) is 26.4 Å². The Morgan fingerprint density at radius 3 is 2.62 bits per heavy atom. The number of amides is 1. The van der Waals surface area contributed by atoms with Gasteiger partial charge in [0.2, 0.25) is 5.91 Å². The van der Waals surface area contributed by atoms with Gasteiger partial charge >= 0.3 is 0 Å². The number of benzene rings is 1. The molecule has 1 aromatic carbocycles. The number of fused-ring (bicyclic) bond motifs is 2. The van der Waals surface area contributed by atoms with Gasteiger partial charge < -0.3 is 20.1 Å². The van der Waals surface area contributed by atoms with Crippen molar-refractivity contribution >= 4 is 23.2 Å². The SMILES string of the molecule is COc1cc(NC(=O)C2CC3CCC2N3)c(OC)cc1Cl. The molecule has 21 heavy (non-hydrogen) atoms. The van der Waals surface area contributed by atoms with Gasteiger partial charge in [-0.2, -0.15) is 0 Å². The summed E-state index contributed by atoms with van der Waals surface area (Å²) >= 11 is 6.07. The number of carbonyl (C=O) groups excluding carboxylic acids is 1. The summed E-state index contributed by atoms with van der Waals surface area (Å²) in [7, 11) is 3.09. The molecular weight excluding hydrogens is 292 g/mol. The van der Waals surface area contributed by atoms with Crippen molar-refractivity contribution in [1.82, 2.24) is 5.32 Å². The molecule has 2 aliphatic rings. The highest BCUT2D eigenvalue weighted by molar-refractivity contribution is 6.32. The van der Waals surface area contributed by atoms with E-state index >= 15 is 0 Å². The highest BCUT2D eigenvalue weighted by Gasteiger charge is 2.42. The van der Waals surface area contributed by atoms with E-state index in [-0.39, 0.29) is 11.8 Å². The fourth-order valence-electron chi connectivity index (χ4n) is 3.30. The van der Waals surface area contributed by atoms with Gasteiger partial charge in [0.1, 0.15) is 11.5 Å². The molecule has 2 heterocycles. The molecule has 0 aliphatic carbocycles. The maximum atomic E-state index is 12.5. The van der Waals surface area contributed by atoms with Crippen molar-refractivity contribution < 1.29 is 14.3 Å². The monoisotopic (exact) mass is 310 g/mol. The first-order chi connectivity index (χ1) is 10.1. The Hall–Kier alpha value is -1.46. The summed E-state index contributed by atoms with van der Waals surface area (Å²) in [6.07, 6.45) is 3.15. The Morgan fingerprint density at radius 1 is 1.29 bits per heavy atom. The summed E-state index contributed by atoms with van der Waals surface area (Å²) in [6, 6.07) is 4.14. The van der Waals surface area contributed by atoms with Crippen molar-refractivity contribution in [2.45, 2.75) is 31.3 Å². The molecule has 0 spiro atoms. The van der Waals surface area contributed by atoms with Gasteiger partial charge in [-0.25, -0.2) is 0 Å². The lowest BCUT2D eigenvalue weighted by molar-refractivity contribution is -0.120. The Bertz CT molecular complexity index is 564. The Morgan fingerprint density at radius 2 is 2.05 bits per heavy atom. The lowest BCUT2D eigenvalue weighted by Crippen LogP contribution is -2.32. The summed E-state index contributed by atoms with van der Waals surface area (Å²) in [6.45, 7) is 0. The van der Waals surface area contributed by atoms with Crippen LogP contribution in [0.25, 0.3) is 0 Å². The van der Waals surface area contributed by atoms with E-state index in [0.717, 1.165) is 12.8 Å². The molecule has 2 N–H and O–H groups in total. The number of anilines is 1. The van der Waals surface area contributed by atoms with Gasteiger partial charge in [-0.05, 0) is 19.3 Å². The summed E-state index contributed by atoms with van der Waals surface area (Å²) < 4.78 is 10.5. The standard InChI is InChI=1S/C15H19ClN2O3/c1-20-13-7-12(14(21-2)6-10(13)16)18-15(19)9-5-8-3-4-11(9)17-8/h6-9,11,17H,3-5H2,1-2H3,(H,18,19). The largest absolute Gasteiger partial charge is 0.495 e. The van der Waals surface area contributed by atoms with Gasteiger partial charge in [-0.1, -0.05) is 11.6 Å². The topological polar surface area (TPSA) is 59.6 Å². The van der Waals surface area contributed by atoms with E-state index < -0.39 is 0 Å². The Labute approximate surface area is 128 Å². The van der Waals surface area contributed by atoms with Gasteiger partial charge in [0.25, 0.3) is 0 Å². The molecule has 5 nitrogen and oxygen atoms in total. The third-order valence-corrected chi connectivity index (χ3v) is 4.66. The van der Waals surface area contributed by atoms with Crippen LogP contribution in [0.5, 0.6) is 11.5 Å². The molecule has 2 aliphatic heterocycles. The highest BCUT2D eigenvalue weighted by atomic mass is 35.5. The summed E-state index contributed by atoms with van der Waals surface area (Å²) in [5.74, 6) is 1.09. The molecule has 2 bridgehead atoms. The predicted octanol–water partition coefficient (Wildman–Crippen LogP) is 2.44. The second-order valence-electron chi connectivity index (χ2n) is 5.57. The third kappa shape index (κ3) is 2.68. The van der Waals surface area contributed by atoms with Crippen LogP contribution in [-0.2, 0) is 4.79 Å². The summed E-state index contributed by atoms with van der Waals surface area (Å²) in [5.41, 5.74) is 0.589. The lowest BCUT2D eigenvalue weighted by atomic mass is 9.88. The van der Waals surface area contributed by atoms with Crippen molar-refractivity contribution in [1.29, 1.82) is 0 Å². The number of ether oxygens (including phenoxy) is 2. The van der Waals surface area contributed by atoms with E-state index in [1.807, 2.05) is 0 Å². The molecule has 0 radical (unpaired) electrons. The number of nitrogens with one attached hydrogen (secondary N) is 2. The molecule has 0 aromatic heterocycles. The predicted molar refractivity (Wildman–Crippen MR) is 81.2 cm³/mol. The third-order valence-electron chi connectivity index (χ3n) is 4.37. The molecule has 0 saturated carbocycles. The average Bonchev–Trinajstić information content (AvgIpc) is 3.11. The lowest BCUT2D eigenvalue weighted by Gasteiger charge is -2.20. The number of carbonyl (C=O) groups is 1. The molecule has 2 fully saturated rings. The van der Waals surface area contributed by atoms with E-state index in [2.05, 4.69) is 10.6 Å². The first-order valence-electron chi connectivity index (χ1n) is 7.10. The van der Waals surface area contributed by atoms with Crippen LogP contribution in [0.2, 0.25) is 5.02 Å². The van der Waals surface area contributed by atoms with E-state index in [4.69, 9.17) is 21.1 Å². The number of rotatable bonds is 4. The maximum absolute atomic E-state index is 12.5. The van der Waals surface area contributed by atoms with Crippen LogP contribution in [0, 0.1) is 5.92 Å². The highest BCUT2D eigenvalue weighted by Crippen LogP contribution is 2.38. The Kier molecular flexibility index (Phi) is 3.95. The molecule has 2 saturated heterocycles. The van der Waals surface area contributed by atoms with Gasteiger partial charge in [-0.15, -0.1) is 0 Å². The summed E-state index contributed by atoms with van der Waals surface area (Å²) in [5, 5.41) is 6.87. The number of methoxy groups -OCH3 is 2. The summed E-state index contributed by atoms with van der Waals surface area (Å²) in [4.78, 5) is 12.5. The van der Waals surface area contributed by atoms with Crippen molar-refractivity contribution in [3.8, 4) is 11.5 Å². The van der Waals surface area contributed by atoms with Gasteiger partial charge in [0.05, 0.1) is 30.8 Å². The van der Waals surface area contributed by atoms with Crippen molar-refractivity contribution in [2.24, 2.45) is 5.92 Å². The van der Waals surface area contributed by atoms with Gasteiger partial charge in [0.15, 0.2) is 0 Å². The minimum Gasteiger partial charge on any atom is -0.495 e. The van der Waals surface area contributed by atoms with E-state index in [1.165, 1.54) is 6.42 Å². The molecule has 3 atom stereocenters. The molecule has 3 rings (SSSR count). The first-order valence-corrected chi connectivity index (χ1v) is 7.48. The molecule has 114 valence electrons. The second kappa shape index (κ2) is 5.73. The van der Waals surface area contributed by atoms with Crippen LogP contribution in [0.1, 0.15) is 19.3 Å². The average molecular weight is 311 g/mol. The number of hydrogen-bond acceptors (Lipinski definition) is 4. The van der Waals surface area contributed by atoms with Crippen LogP contribution in [0.3, 0.4) is 0 Å². The normalized spacial score (nSPS) is 26.7. The molecule has 3 unspecified atom stereocenters. The molecule has 1 amide bonds. The zero-order valence-electron chi connectivity index (χ0n) is 12.1. The molecule has 1 aromatic rings. The molecular formula is C15H19ClN2O3. The zero-order valence-corrected chi connectivity index (χ0v) is 12.9. The minimum atomic E-state index is 0.0233. The van der Waals surface area contributed by atoms with Crippen LogP contribution in [0.15, 0.2) is 12.1 Å². The maximum Gasteiger partial charge on any atom is 0.229 e. The second-order valence-corrected chi connectivity index (χ2v) is 5.97. The van der Waals surface area contributed by atoms with Gasteiger partial charge in [-0.3, -0.25) is 4.79 Å². The Balaban J connectivity index is 1.79. The zero-order chi connectivity index (χ0) is 15.0. The number of halogens is 1. The van der Waals surface area contributed by atoms with Crippen molar-refractivity contribution in [3.05, 3.63) is 17.2 Å². The van der Waals surface area contributed by atoms with Crippen LogP contribution in [0.4, 0.5) is 5.69 Å². The van der Waals surface area contributed by atoms with Crippen LogP contribution < -0.4 is 20.1 Å². The quantitative estimate of drug-likeness (QED) is 0.897. The first kappa shape index (κ1) is 14.5. The minimum absolute atomic E-state index is 0.0233. The van der Waals surface area contributed by atoms with E-state index in [0.29, 0.717) is 34.3 Å². The smallest absolute Gasteiger partial charge is 0.229 e. The van der Waals surface area contributed by atoms with E-state index in [9.17, 15) is 4.79 Å². The molecule has 6 heteroatoms. The van der Waals surface area contributed by atoms with Crippen LogP contribution in [-0.4, -0.2) is 32.2 Å².